The molecular formula is C24H41N3O3. The molecule has 0 bridgehead atoms. The van der Waals surface area contributed by atoms with Gasteiger partial charge in [-0.3, -0.25) is 14.8 Å². The smallest absolute Gasteiger partial charge is 0.331 e. The lowest BCUT2D eigenvalue weighted by Gasteiger charge is -2.33. The fraction of sp³-hybridized carbons (Fsp3) is 0.708. The van der Waals surface area contributed by atoms with E-state index in [-0.39, 0.29) is 11.9 Å². The van der Waals surface area contributed by atoms with Gasteiger partial charge in [-0.25, -0.2) is 10.2 Å². The second kappa shape index (κ2) is 12.7. The van der Waals surface area contributed by atoms with Crippen LogP contribution in [-0.2, 0) is 20.7 Å². The molecule has 0 aliphatic carbocycles. The summed E-state index contributed by atoms with van der Waals surface area (Å²) in [5.41, 5.74) is 3.74. The second-order valence-electron chi connectivity index (χ2n) is 9.76. The van der Waals surface area contributed by atoms with Crippen LogP contribution < -0.4 is 5.43 Å². The number of hydrogen-bond acceptors (Lipinski definition) is 5. The molecule has 1 atom stereocenters. The van der Waals surface area contributed by atoms with Crippen LogP contribution in [0.5, 0.6) is 0 Å². The van der Waals surface area contributed by atoms with Crippen LogP contribution in [-0.4, -0.2) is 40.1 Å². The van der Waals surface area contributed by atoms with Gasteiger partial charge in [0.25, 0.3) is 0 Å². The third-order valence-electron chi connectivity index (χ3n) is 4.53. The van der Waals surface area contributed by atoms with Crippen LogP contribution in [0.3, 0.4) is 0 Å². The Hall–Kier alpha value is -1.95. The fourth-order valence-electron chi connectivity index (χ4n) is 2.95. The van der Waals surface area contributed by atoms with Crippen molar-refractivity contribution in [1.29, 1.82) is 0 Å². The number of carbonyl (C=O) groups is 2. The van der Waals surface area contributed by atoms with Crippen LogP contribution in [0.25, 0.3) is 0 Å². The predicted molar refractivity (Wildman–Crippen MR) is 121 cm³/mol. The molecule has 1 rings (SSSR count). The van der Waals surface area contributed by atoms with Crippen molar-refractivity contribution in [3.63, 3.8) is 0 Å². The van der Waals surface area contributed by atoms with Crippen LogP contribution >= 0.6 is 0 Å². The summed E-state index contributed by atoms with van der Waals surface area (Å²) >= 11 is 0. The first-order valence-corrected chi connectivity index (χ1v) is 11.2. The highest BCUT2D eigenvalue weighted by molar-refractivity contribution is 5.84. The van der Waals surface area contributed by atoms with Gasteiger partial charge in [-0.2, -0.15) is 0 Å². The molecular weight excluding hydrogens is 378 g/mol. The molecule has 0 fully saturated rings. The lowest BCUT2D eigenvalue weighted by atomic mass is 10.0. The number of hydrazine groups is 1. The number of esters is 1. The highest BCUT2D eigenvalue weighted by Crippen LogP contribution is 2.18. The van der Waals surface area contributed by atoms with Gasteiger partial charge in [0.15, 0.2) is 0 Å². The van der Waals surface area contributed by atoms with Gasteiger partial charge in [-0.15, -0.1) is 0 Å². The summed E-state index contributed by atoms with van der Waals surface area (Å²) in [4.78, 5) is 30.3. The van der Waals surface area contributed by atoms with Gasteiger partial charge in [0.1, 0.15) is 11.6 Å². The molecule has 0 aliphatic heterocycles. The Bertz CT molecular complexity index is 639. The summed E-state index contributed by atoms with van der Waals surface area (Å²) < 4.78 is 5.68. The summed E-state index contributed by atoms with van der Waals surface area (Å²) in [5, 5.41) is 1.54. The van der Waals surface area contributed by atoms with Crippen molar-refractivity contribution >= 4 is 11.9 Å². The first-order chi connectivity index (χ1) is 14.0. The number of nitrogens with one attached hydrogen (secondary N) is 1. The van der Waals surface area contributed by atoms with Crippen molar-refractivity contribution in [1.82, 2.24) is 15.4 Å². The number of aromatic nitrogens is 1. The summed E-state index contributed by atoms with van der Waals surface area (Å²) in [5.74, 6) is 0.357. The molecule has 6 heteroatoms. The largest absolute Gasteiger partial charge is 0.458 e. The minimum Gasteiger partial charge on any atom is -0.458 e. The van der Waals surface area contributed by atoms with Crippen molar-refractivity contribution in [2.75, 3.05) is 6.54 Å². The van der Waals surface area contributed by atoms with Crippen molar-refractivity contribution < 1.29 is 14.3 Å². The molecule has 30 heavy (non-hydrogen) atoms. The maximum atomic E-state index is 13.1. The van der Waals surface area contributed by atoms with Gasteiger partial charge in [0.05, 0.1) is 0 Å². The summed E-state index contributed by atoms with van der Waals surface area (Å²) in [6.45, 7) is 14.5. The van der Waals surface area contributed by atoms with Gasteiger partial charge in [0.2, 0.25) is 5.91 Å². The van der Waals surface area contributed by atoms with Crippen LogP contribution in [0.1, 0.15) is 79.7 Å². The number of pyridine rings is 1. The maximum Gasteiger partial charge on any atom is 0.331 e. The van der Waals surface area contributed by atoms with Crippen molar-refractivity contribution in [3.8, 4) is 0 Å². The molecule has 170 valence electrons. The molecule has 1 heterocycles. The molecule has 0 aliphatic rings. The lowest BCUT2D eigenvalue weighted by molar-refractivity contribution is -0.167. The maximum absolute atomic E-state index is 13.1. The molecule has 1 aromatic heterocycles. The van der Waals surface area contributed by atoms with Gasteiger partial charge < -0.3 is 4.74 Å². The van der Waals surface area contributed by atoms with Crippen LogP contribution in [0.4, 0.5) is 0 Å². The molecule has 0 saturated carbocycles. The Morgan fingerprint density at radius 2 is 1.83 bits per heavy atom. The molecule has 0 radical (unpaired) electrons. The Labute approximate surface area is 182 Å². The minimum atomic E-state index is -0.653. The number of carbonyl (C=O) groups excluding carboxylic acids is 2. The normalized spacial score (nSPS) is 12.8. The zero-order valence-corrected chi connectivity index (χ0v) is 19.9. The van der Waals surface area contributed by atoms with Gasteiger partial charge >= 0.3 is 5.97 Å². The summed E-state index contributed by atoms with van der Waals surface area (Å²) in [6.07, 6.45) is 6.86. The van der Waals surface area contributed by atoms with E-state index in [0.29, 0.717) is 31.2 Å². The zero-order chi connectivity index (χ0) is 22.7. The number of ether oxygens (including phenoxy) is 1. The van der Waals surface area contributed by atoms with Crippen molar-refractivity contribution in [2.45, 2.75) is 92.2 Å². The van der Waals surface area contributed by atoms with E-state index in [2.05, 4.69) is 38.1 Å². The van der Waals surface area contributed by atoms with Gasteiger partial charge in [-0.05, 0) is 69.9 Å². The lowest BCUT2D eigenvalue weighted by Crippen LogP contribution is -2.55. The summed E-state index contributed by atoms with van der Waals surface area (Å²) in [7, 11) is 0. The SMILES string of the molecule is CC(C)CCC(=O)N(NCC(C)C)[C@H](CCCc1cccnc1)C(=O)OC(C)(C)C. The Balaban J connectivity index is 2.99. The van der Waals surface area contributed by atoms with Crippen LogP contribution in [0.15, 0.2) is 24.5 Å². The average Bonchev–Trinajstić information content (AvgIpc) is 2.64. The van der Waals surface area contributed by atoms with E-state index in [0.717, 1.165) is 24.8 Å². The first kappa shape index (κ1) is 26.1. The topological polar surface area (TPSA) is 71.5 Å². The number of hydrogen-bond donors (Lipinski definition) is 1. The summed E-state index contributed by atoms with van der Waals surface area (Å²) in [6, 6.07) is 3.28. The standard InChI is InChI=1S/C24H41N3O3/c1-18(2)13-14-22(28)27(26-16-19(3)4)21(23(29)30-24(5,6)7)12-8-10-20-11-9-15-25-17-20/h9,11,15,17-19,21,26H,8,10,12-14,16H2,1-7H3/t21-/m1/s1. The molecule has 1 N–H and O–H groups in total. The quantitative estimate of drug-likeness (QED) is 0.398. The predicted octanol–water partition coefficient (Wildman–Crippen LogP) is 4.54. The third kappa shape index (κ3) is 10.7. The minimum absolute atomic E-state index is 0.0541. The molecule has 0 saturated heterocycles. The highest BCUT2D eigenvalue weighted by atomic mass is 16.6. The fourth-order valence-corrected chi connectivity index (χ4v) is 2.95. The van der Waals surface area contributed by atoms with Crippen molar-refractivity contribution in [3.05, 3.63) is 30.1 Å². The number of amides is 1. The number of nitrogens with zero attached hydrogens (tertiary/aromatic N) is 2. The first-order valence-electron chi connectivity index (χ1n) is 11.2. The molecule has 0 spiro atoms. The highest BCUT2D eigenvalue weighted by Gasteiger charge is 2.33. The molecule has 1 amide bonds. The Kier molecular flexibility index (Phi) is 11.0. The van der Waals surface area contributed by atoms with E-state index in [1.54, 1.807) is 11.2 Å². The van der Waals surface area contributed by atoms with E-state index < -0.39 is 11.6 Å². The zero-order valence-electron chi connectivity index (χ0n) is 19.9. The van der Waals surface area contributed by atoms with Crippen molar-refractivity contribution in [2.24, 2.45) is 11.8 Å². The second-order valence-corrected chi connectivity index (χ2v) is 9.76. The van der Waals surface area contributed by atoms with E-state index in [9.17, 15) is 9.59 Å². The third-order valence-corrected chi connectivity index (χ3v) is 4.53. The van der Waals surface area contributed by atoms with E-state index >= 15 is 0 Å². The van der Waals surface area contributed by atoms with E-state index in [1.165, 1.54) is 0 Å². The number of rotatable bonds is 12. The van der Waals surface area contributed by atoms with Crippen LogP contribution in [0.2, 0.25) is 0 Å². The van der Waals surface area contributed by atoms with Crippen LogP contribution in [0, 0.1) is 11.8 Å². The Morgan fingerprint density at radius 1 is 1.13 bits per heavy atom. The van der Waals surface area contributed by atoms with Gasteiger partial charge in [-0.1, -0.05) is 33.8 Å². The molecule has 1 aromatic rings. The number of aryl methyl sites for hydroxylation is 1. The van der Waals surface area contributed by atoms with Gasteiger partial charge in [0, 0.05) is 25.4 Å². The monoisotopic (exact) mass is 419 g/mol. The molecule has 0 unspecified atom stereocenters. The van der Waals surface area contributed by atoms with E-state index in [4.69, 9.17) is 4.74 Å². The molecule has 6 nitrogen and oxygen atoms in total. The molecule has 0 aromatic carbocycles. The average molecular weight is 420 g/mol. The Morgan fingerprint density at radius 3 is 2.37 bits per heavy atom. The van der Waals surface area contributed by atoms with E-state index in [1.807, 2.05) is 39.1 Å².